The van der Waals surface area contributed by atoms with Crippen molar-refractivity contribution in [2.24, 2.45) is 0 Å². The third-order valence-corrected chi connectivity index (χ3v) is 23.7. The summed E-state index contributed by atoms with van der Waals surface area (Å²) in [6.45, 7) is 19.3. The van der Waals surface area contributed by atoms with Crippen LogP contribution in [-0.2, 0) is 21.7 Å². The molecule has 0 aliphatic heterocycles. The summed E-state index contributed by atoms with van der Waals surface area (Å²) in [6, 6.07) is 112. The summed E-state index contributed by atoms with van der Waals surface area (Å²) in [5.41, 5.74) is 37.1. The molecule has 2 heteroatoms. The first-order chi connectivity index (χ1) is 48.6. The maximum Gasteiger partial charge on any atom is 0.0468 e. The molecular formula is C98H78N2. The van der Waals surface area contributed by atoms with Crippen LogP contribution in [0.3, 0.4) is 0 Å². The van der Waals surface area contributed by atoms with Gasteiger partial charge in [0.1, 0.15) is 0 Å². The van der Waals surface area contributed by atoms with E-state index in [1.807, 2.05) is 0 Å². The SMILES string of the molecule is CC1(C)C2=C(CCC=C2)c2ccc(N(c3ccc4c(c3)C(C)(C)c3ccccc3-4)c3ccc4c(-c5ccccc5-c5ccccc5)c5cc(N(c6ccc7c(c6)C(C)(C)c6ccccc6-7)c6ccc7c(c6)C(C)(C)c6ccccc6-7)ccc5c(-c5ccccc5-c5ccccc5)c4c3)cc21. The number of fused-ring (bicyclic) bond motifs is 13. The quantitative estimate of drug-likeness (QED) is 0.126. The van der Waals surface area contributed by atoms with Crippen molar-refractivity contribution in [2.75, 3.05) is 9.80 Å². The Bertz CT molecular complexity index is 5740. The van der Waals surface area contributed by atoms with E-state index >= 15 is 0 Å². The van der Waals surface area contributed by atoms with Crippen LogP contribution >= 0.6 is 0 Å². The molecule has 0 amide bonds. The van der Waals surface area contributed by atoms with Gasteiger partial charge in [-0.25, -0.2) is 0 Å². The van der Waals surface area contributed by atoms with Crippen LogP contribution in [0.25, 0.3) is 105 Å². The number of anilines is 6. The van der Waals surface area contributed by atoms with Gasteiger partial charge >= 0.3 is 0 Å². The van der Waals surface area contributed by atoms with Crippen LogP contribution in [-0.4, -0.2) is 0 Å². The first-order valence-electron chi connectivity index (χ1n) is 35.9. The fraction of sp³-hybridized carbons (Fsp3) is 0.143. The fourth-order valence-electron chi connectivity index (χ4n) is 18.7. The van der Waals surface area contributed by atoms with Crippen molar-refractivity contribution < 1.29 is 0 Å². The van der Waals surface area contributed by atoms with E-state index < -0.39 is 0 Å². The Morgan fingerprint density at radius 2 is 0.540 bits per heavy atom. The zero-order chi connectivity index (χ0) is 67.6. The maximum absolute atomic E-state index is 2.57. The highest BCUT2D eigenvalue weighted by molar-refractivity contribution is 6.24. The number of hydrogen-bond acceptors (Lipinski definition) is 2. The molecule has 19 rings (SSSR count). The van der Waals surface area contributed by atoms with Gasteiger partial charge in [-0.05, 0) is 241 Å². The highest BCUT2D eigenvalue weighted by atomic mass is 15.1. The van der Waals surface area contributed by atoms with Crippen LogP contribution in [0.5, 0.6) is 0 Å². The van der Waals surface area contributed by atoms with E-state index in [1.165, 1.54) is 155 Å². The minimum Gasteiger partial charge on any atom is -0.310 e. The maximum atomic E-state index is 2.57. The predicted molar refractivity (Wildman–Crippen MR) is 424 cm³/mol. The lowest BCUT2D eigenvalue weighted by Gasteiger charge is -2.31. The highest BCUT2D eigenvalue weighted by Gasteiger charge is 2.41. The zero-order valence-electron chi connectivity index (χ0n) is 58.2. The summed E-state index contributed by atoms with van der Waals surface area (Å²) in [5, 5.41) is 4.72. The number of rotatable bonds is 10. The molecule has 0 N–H and O–H groups in total. The zero-order valence-corrected chi connectivity index (χ0v) is 58.2. The average Bonchev–Trinajstić information content (AvgIpc) is 1.33. The Labute approximate surface area is 588 Å². The van der Waals surface area contributed by atoms with E-state index in [4.69, 9.17) is 0 Å². The van der Waals surface area contributed by atoms with Crippen LogP contribution in [0.4, 0.5) is 34.1 Å². The Balaban J connectivity index is 0.910. The molecule has 5 aliphatic carbocycles. The number of nitrogens with zero attached hydrogens (tertiary/aromatic N) is 2. The standard InChI is InChI=1S/C98H78N2/c1-95(2)85-39-23-19-33-71(85)75-49-43-65(57-89(75)95)99(66-44-50-76-72-34-20-24-40-86(72)96(3,4)90(76)58-66)63-47-53-81-83(55-63)93(79-37-17-15-31-69(79)61-27-11-9-12-28-61)82-54-48-64(56-84(82)94(81)80-38-18-16-32-70(80)62-29-13-10-14-30-62)100(67-45-51-77-73-35-21-25-41-87(73)97(5,6)91(77)59-67)68-46-52-78-74-36-22-26-42-88(74)98(7,8)92(78)60-68/h9-21,23-35,37-60H,22,36H2,1-8H3. The first-order valence-corrected chi connectivity index (χ1v) is 35.9. The Morgan fingerprint density at radius 1 is 0.240 bits per heavy atom. The topological polar surface area (TPSA) is 6.48 Å². The van der Waals surface area contributed by atoms with Crippen LogP contribution in [0.2, 0.25) is 0 Å². The van der Waals surface area contributed by atoms with Crippen molar-refractivity contribution in [3.05, 3.63) is 353 Å². The van der Waals surface area contributed by atoms with Gasteiger partial charge in [-0.15, -0.1) is 0 Å². The van der Waals surface area contributed by atoms with E-state index in [0.717, 1.165) is 47.0 Å². The molecule has 0 atom stereocenters. The van der Waals surface area contributed by atoms with Gasteiger partial charge in [-0.3, -0.25) is 0 Å². The first kappa shape index (κ1) is 59.9. The molecule has 0 saturated heterocycles. The molecule has 0 saturated carbocycles. The van der Waals surface area contributed by atoms with Gasteiger partial charge in [0.25, 0.3) is 0 Å². The average molecular weight is 1280 g/mol. The highest BCUT2D eigenvalue weighted by Crippen LogP contribution is 2.58. The smallest absolute Gasteiger partial charge is 0.0468 e. The van der Waals surface area contributed by atoms with Gasteiger partial charge in [0, 0.05) is 55.8 Å². The molecule has 480 valence electrons. The Hall–Kier alpha value is -11.3. The predicted octanol–water partition coefficient (Wildman–Crippen LogP) is 26.9. The van der Waals surface area contributed by atoms with Crippen molar-refractivity contribution in [3.63, 3.8) is 0 Å². The molecule has 5 aliphatic rings. The van der Waals surface area contributed by atoms with Crippen molar-refractivity contribution in [1.82, 2.24) is 0 Å². The van der Waals surface area contributed by atoms with Crippen LogP contribution in [0.1, 0.15) is 113 Å². The normalized spacial score (nSPS) is 15.6. The van der Waals surface area contributed by atoms with Gasteiger partial charge in [0.05, 0.1) is 0 Å². The third-order valence-electron chi connectivity index (χ3n) is 23.7. The minimum atomic E-state index is -0.213. The second-order valence-corrected chi connectivity index (χ2v) is 30.6. The van der Waals surface area contributed by atoms with Crippen molar-refractivity contribution in [2.45, 2.75) is 89.9 Å². The van der Waals surface area contributed by atoms with Crippen molar-refractivity contribution in [3.8, 4) is 77.9 Å². The van der Waals surface area contributed by atoms with Gasteiger partial charge in [-0.2, -0.15) is 0 Å². The molecule has 14 aromatic rings. The Kier molecular flexibility index (Phi) is 13.2. The van der Waals surface area contributed by atoms with Gasteiger partial charge in [0.2, 0.25) is 0 Å². The Morgan fingerprint density at radius 3 is 0.930 bits per heavy atom. The second-order valence-electron chi connectivity index (χ2n) is 30.6. The molecule has 0 heterocycles. The molecule has 0 radical (unpaired) electrons. The molecule has 100 heavy (non-hydrogen) atoms. The van der Waals surface area contributed by atoms with E-state index in [9.17, 15) is 0 Å². The largest absolute Gasteiger partial charge is 0.310 e. The van der Waals surface area contributed by atoms with Crippen LogP contribution in [0.15, 0.2) is 309 Å². The van der Waals surface area contributed by atoms with Gasteiger partial charge in [0.15, 0.2) is 0 Å². The summed E-state index contributed by atoms with van der Waals surface area (Å²) in [4.78, 5) is 5.13. The molecule has 0 fully saturated rings. The molecular weight excluding hydrogens is 1210 g/mol. The molecule has 14 aromatic carbocycles. The number of hydrogen-bond donors (Lipinski definition) is 0. The second kappa shape index (κ2) is 22.1. The lowest BCUT2D eigenvalue weighted by atomic mass is 9.80. The summed E-state index contributed by atoms with van der Waals surface area (Å²) < 4.78 is 0. The van der Waals surface area contributed by atoms with Crippen molar-refractivity contribution >= 4 is 61.2 Å². The monoisotopic (exact) mass is 1280 g/mol. The van der Waals surface area contributed by atoms with Crippen LogP contribution in [0, 0.1) is 0 Å². The lowest BCUT2D eigenvalue weighted by molar-refractivity contribution is 0.651. The molecule has 0 aromatic heterocycles. The lowest BCUT2D eigenvalue weighted by Crippen LogP contribution is -2.18. The molecule has 0 unspecified atom stereocenters. The molecule has 2 nitrogen and oxygen atoms in total. The summed E-state index contributed by atoms with van der Waals surface area (Å²) in [5.74, 6) is 0. The summed E-state index contributed by atoms with van der Waals surface area (Å²) >= 11 is 0. The molecule has 0 bridgehead atoms. The van der Waals surface area contributed by atoms with Crippen LogP contribution < -0.4 is 9.80 Å². The van der Waals surface area contributed by atoms with Gasteiger partial charge < -0.3 is 9.80 Å². The van der Waals surface area contributed by atoms with Gasteiger partial charge in [-0.1, -0.05) is 286 Å². The van der Waals surface area contributed by atoms with Crippen molar-refractivity contribution in [1.29, 1.82) is 0 Å². The fourth-order valence-corrected chi connectivity index (χ4v) is 18.7. The van der Waals surface area contributed by atoms with E-state index in [-0.39, 0.29) is 21.7 Å². The summed E-state index contributed by atoms with van der Waals surface area (Å²) in [7, 11) is 0. The summed E-state index contributed by atoms with van der Waals surface area (Å²) in [6.07, 6.45) is 6.92. The van der Waals surface area contributed by atoms with E-state index in [1.54, 1.807) is 0 Å². The van der Waals surface area contributed by atoms with E-state index in [2.05, 4.69) is 369 Å². The molecule has 0 spiro atoms. The van der Waals surface area contributed by atoms with E-state index in [0.29, 0.717) is 0 Å². The number of benzene rings is 14. The number of allylic oxidation sites excluding steroid dienone is 4. The minimum absolute atomic E-state index is 0.164. The third kappa shape index (κ3) is 8.81.